The normalized spacial score (nSPS) is 20.6. The molecule has 5 rings (SSSR count). The van der Waals surface area contributed by atoms with E-state index in [4.69, 9.17) is 41.3 Å². The number of nitrogens with one attached hydrogen (secondary N) is 1. The SMILES string of the molecule is COc1cc(C[C@H](NC(C)=O)C(=O)OCC(O[Si](C)(C)C(C)(C)C)c2ccc3c(c2Cl)C2=C[C@H](O)C[C@]2(O)[C@H]3OS(=O)(=O)c2ccc(C)cc2)cc(Cl)c1O. The number of amides is 1. The van der Waals surface area contributed by atoms with Gasteiger partial charge in [-0.15, -0.1) is 0 Å². The predicted octanol–water partition coefficient (Wildman–Crippen LogP) is 6.71. The van der Waals surface area contributed by atoms with Crippen LogP contribution in [0.1, 0.15) is 74.1 Å². The lowest BCUT2D eigenvalue weighted by molar-refractivity contribution is -0.150. The highest BCUT2D eigenvalue weighted by Gasteiger charge is 2.56. The summed E-state index contributed by atoms with van der Waals surface area (Å²) in [7, 11) is -5.66. The molecule has 0 saturated carbocycles. The summed E-state index contributed by atoms with van der Waals surface area (Å²) < 4.78 is 50.7. The first-order chi connectivity index (χ1) is 25.5. The summed E-state index contributed by atoms with van der Waals surface area (Å²) in [4.78, 5) is 25.8. The van der Waals surface area contributed by atoms with Gasteiger partial charge < -0.3 is 34.5 Å². The van der Waals surface area contributed by atoms with E-state index >= 15 is 0 Å². The van der Waals surface area contributed by atoms with Crippen molar-refractivity contribution in [1.82, 2.24) is 5.32 Å². The molecule has 0 aliphatic heterocycles. The number of rotatable bonds is 13. The fraction of sp³-hybridized carbons (Fsp3) is 0.436. The molecular weight excluding hydrogens is 789 g/mol. The molecule has 0 radical (unpaired) electrons. The number of aliphatic hydroxyl groups excluding tert-OH is 1. The minimum atomic E-state index is -4.39. The van der Waals surface area contributed by atoms with Crippen molar-refractivity contribution in [2.75, 3.05) is 13.7 Å². The lowest BCUT2D eigenvalue weighted by Gasteiger charge is -2.39. The molecule has 2 aliphatic carbocycles. The van der Waals surface area contributed by atoms with Crippen molar-refractivity contribution < 1.29 is 51.4 Å². The lowest BCUT2D eigenvalue weighted by atomic mass is 9.94. The number of ether oxygens (including phenoxy) is 2. The molecule has 12 nitrogen and oxygen atoms in total. The van der Waals surface area contributed by atoms with Gasteiger partial charge in [0.15, 0.2) is 19.8 Å². The topological polar surface area (TPSA) is 178 Å². The van der Waals surface area contributed by atoms with Gasteiger partial charge in [0.25, 0.3) is 10.1 Å². The summed E-state index contributed by atoms with van der Waals surface area (Å²) >= 11 is 13.4. The average molecular weight is 837 g/mol. The van der Waals surface area contributed by atoms with Crippen LogP contribution in [0.2, 0.25) is 28.2 Å². The summed E-state index contributed by atoms with van der Waals surface area (Å²) in [6.07, 6.45) is -2.37. The van der Waals surface area contributed by atoms with E-state index in [1.807, 2.05) is 40.8 Å². The minimum absolute atomic E-state index is 0.00411. The van der Waals surface area contributed by atoms with E-state index in [0.717, 1.165) is 5.56 Å². The second-order valence-electron chi connectivity index (χ2n) is 15.5. The zero-order chi connectivity index (χ0) is 40.8. The molecule has 1 amide bonds. The van der Waals surface area contributed by atoms with Crippen molar-refractivity contribution in [3.05, 3.63) is 92.5 Å². The van der Waals surface area contributed by atoms with Crippen LogP contribution >= 0.6 is 23.2 Å². The molecule has 0 spiro atoms. The molecule has 3 aromatic carbocycles. The van der Waals surface area contributed by atoms with E-state index in [9.17, 15) is 33.3 Å². The van der Waals surface area contributed by atoms with E-state index in [0.29, 0.717) is 16.7 Å². The van der Waals surface area contributed by atoms with Gasteiger partial charge in [-0.25, -0.2) is 4.79 Å². The Balaban J connectivity index is 1.52. The number of aromatic hydroxyl groups is 1. The number of phenols is 1. The van der Waals surface area contributed by atoms with Crippen LogP contribution in [0.25, 0.3) is 5.57 Å². The molecule has 16 heteroatoms. The van der Waals surface area contributed by atoms with E-state index in [1.54, 1.807) is 24.3 Å². The molecule has 298 valence electrons. The first-order valence-corrected chi connectivity index (χ1v) is 22.7. The van der Waals surface area contributed by atoms with Crippen molar-refractivity contribution in [2.24, 2.45) is 0 Å². The summed E-state index contributed by atoms with van der Waals surface area (Å²) in [5.74, 6) is -1.46. The Kier molecular flexibility index (Phi) is 12.3. The number of halogens is 2. The average Bonchev–Trinajstić information content (AvgIpc) is 3.50. The Labute approximate surface area is 332 Å². The molecule has 0 heterocycles. The van der Waals surface area contributed by atoms with E-state index in [1.165, 1.54) is 44.4 Å². The fourth-order valence-electron chi connectivity index (χ4n) is 6.55. The third-order valence-electron chi connectivity index (χ3n) is 10.4. The van der Waals surface area contributed by atoms with Crippen molar-refractivity contribution >= 4 is 59.1 Å². The van der Waals surface area contributed by atoms with Gasteiger partial charge in [0.2, 0.25) is 5.91 Å². The number of esters is 1. The Bertz CT molecular complexity index is 2120. The van der Waals surface area contributed by atoms with Crippen LogP contribution in [-0.4, -0.2) is 75.4 Å². The van der Waals surface area contributed by atoms with Gasteiger partial charge in [0, 0.05) is 30.9 Å². The number of aryl methyl sites for hydroxylation is 1. The van der Waals surface area contributed by atoms with Crippen LogP contribution in [0.3, 0.4) is 0 Å². The molecule has 0 bridgehead atoms. The maximum Gasteiger partial charge on any atom is 0.329 e. The Morgan fingerprint density at radius 3 is 2.35 bits per heavy atom. The first-order valence-electron chi connectivity index (χ1n) is 17.6. The summed E-state index contributed by atoms with van der Waals surface area (Å²) in [6.45, 7) is 12.9. The Hall–Kier alpha value is -3.47. The van der Waals surface area contributed by atoms with Crippen LogP contribution in [0.15, 0.2) is 59.5 Å². The zero-order valence-corrected chi connectivity index (χ0v) is 35.2. The molecule has 5 atom stereocenters. The summed E-state index contributed by atoms with van der Waals surface area (Å²) in [5, 5.41) is 35.3. The smallest absolute Gasteiger partial charge is 0.329 e. The Morgan fingerprint density at radius 1 is 1.09 bits per heavy atom. The third kappa shape index (κ3) is 8.76. The molecule has 0 fully saturated rings. The van der Waals surface area contributed by atoms with E-state index in [2.05, 4.69) is 5.32 Å². The van der Waals surface area contributed by atoms with Gasteiger partial charge in [0.1, 0.15) is 30.5 Å². The number of carbonyl (C=O) groups excluding carboxylic acids is 2. The zero-order valence-electron chi connectivity index (χ0n) is 31.9. The van der Waals surface area contributed by atoms with Crippen molar-refractivity contribution in [3.8, 4) is 11.5 Å². The fourth-order valence-corrected chi connectivity index (χ4v) is 9.53. The van der Waals surface area contributed by atoms with Crippen LogP contribution in [0.5, 0.6) is 11.5 Å². The first kappa shape index (κ1) is 42.7. The predicted molar refractivity (Wildman–Crippen MR) is 210 cm³/mol. The molecule has 3 aromatic rings. The maximum absolute atomic E-state index is 13.7. The number of methoxy groups -OCH3 is 1. The van der Waals surface area contributed by atoms with E-state index < -0.39 is 60.3 Å². The monoisotopic (exact) mass is 835 g/mol. The second-order valence-corrected chi connectivity index (χ2v) is 22.6. The van der Waals surface area contributed by atoms with Crippen molar-refractivity contribution in [1.29, 1.82) is 0 Å². The van der Waals surface area contributed by atoms with Gasteiger partial charge in [-0.2, -0.15) is 8.42 Å². The quantitative estimate of drug-likeness (QED) is 0.0818. The number of carbonyl (C=O) groups is 2. The minimum Gasteiger partial charge on any atom is -0.503 e. The van der Waals surface area contributed by atoms with Gasteiger partial charge >= 0.3 is 5.97 Å². The Morgan fingerprint density at radius 2 is 1.75 bits per heavy atom. The molecule has 55 heavy (non-hydrogen) atoms. The number of phenolic OH excluding ortho intramolecular Hbond substituents is 1. The maximum atomic E-state index is 13.7. The van der Waals surface area contributed by atoms with Gasteiger partial charge in [-0.3, -0.25) is 8.98 Å². The number of aliphatic hydroxyl groups is 2. The summed E-state index contributed by atoms with van der Waals surface area (Å²) in [6, 6.07) is 11.1. The number of hydrogen-bond donors (Lipinski definition) is 4. The van der Waals surface area contributed by atoms with Gasteiger partial charge in [0.05, 0.1) is 28.2 Å². The standard InChI is InChI=1S/C39H47Cl2NO11SSi/c1-21-9-11-25(12-10-21)54(48,49)52-36-27-14-13-26(34(41)33(27)28-18-24(44)19-39(28,36)47)32(53-55(7,8)38(3,4)5)20-51-37(46)30(42-22(2)43)16-23-15-29(40)35(45)31(17-23)50-6/h9-15,17-18,24,30,32,36,44-45,47H,16,19-20H2,1-8H3,(H,42,43)/t24-,30-,32?,36-,39+/m0/s1. The van der Waals surface area contributed by atoms with Gasteiger partial charge in [-0.05, 0) is 72.1 Å². The van der Waals surface area contributed by atoms with Crippen molar-refractivity contribution in [2.45, 2.75) is 100 Å². The molecular formula is C39H47Cl2NO11SSi. The molecule has 1 unspecified atom stereocenters. The summed E-state index contributed by atoms with van der Waals surface area (Å²) in [5.41, 5.74) is 0.565. The van der Waals surface area contributed by atoms with E-state index in [-0.39, 0.29) is 62.1 Å². The number of fused-ring (bicyclic) bond motifs is 3. The van der Waals surface area contributed by atoms with Crippen LogP contribution in [-0.2, 0) is 39.5 Å². The van der Waals surface area contributed by atoms with Crippen LogP contribution in [0, 0.1) is 6.92 Å². The molecule has 0 aromatic heterocycles. The largest absolute Gasteiger partial charge is 0.503 e. The van der Waals surface area contributed by atoms with Gasteiger partial charge in [-0.1, -0.05) is 73.8 Å². The van der Waals surface area contributed by atoms with Crippen LogP contribution in [0.4, 0.5) is 0 Å². The van der Waals surface area contributed by atoms with Crippen molar-refractivity contribution in [3.63, 3.8) is 0 Å². The molecule has 2 aliphatic rings. The highest BCUT2D eigenvalue weighted by Crippen LogP contribution is 2.58. The highest BCUT2D eigenvalue weighted by molar-refractivity contribution is 7.86. The number of hydrogen-bond acceptors (Lipinski definition) is 11. The third-order valence-corrected chi connectivity index (χ3v) is 16.9. The molecule has 4 N–H and O–H groups in total. The van der Waals surface area contributed by atoms with Crippen LogP contribution < -0.4 is 10.1 Å². The number of benzene rings is 3. The lowest BCUT2D eigenvalue weighted by Crippen LogP contribution is -2.44. The second kappa shape index (κ2) is 15.8. The highest BCUT2D eigenvalue weighted by atomic mass is 35.5. The molecule has 0 saturated heterocycles.